The number of nitrogens with zero attached hydrogens (tertiary/aromatic N) is 1. The first-order chi connectivity index (χ1) is 11.1. The molecular formula is C17H16N2O4. The molecule has 6 heteroatoms. The van der Waals surface area contributed by atoms with Crippen LogP contribution < -0.4 is 5.32 Å². The molecule has 2 N–H and O–H groups in total. The summed E-state index contributed by atoms with van der Waals surface area (Å²) in [5, 5.41) is 16.7. The normalized spacial score (nSPS) is 13.5. The maximum absolute atomic E-state index is 12.4. The van der Waals surface area contributed by atoms with Crippen LogP contribution in [0.1, 0.15) is 23.0 Å². The molecule has 0 saturated heterocycles. The second-order valence-electron chi connectivity index (χ2n) is 5.37. The van der Waals surface area contributed by atoms with Crippen LogP contribution in [0.5, 0.6) is 0 Å². The Bertz CT molecular complexity index is 776. The smallest absolute Gasteiger partial charge is 0.257 e. The van der Waals surface area contributed by atoms with E-state index in [1.165, 1.54) is 12.5 Å². The third-order valence-corrected chi connectivity index (χ3v) is 3.50. The number of furan rings is 1. The van der Waals surface area contributed by atoms with E-state index in [1.807, 2.05) is 30.3 Å². The van der Waals surface area contributed by atoms with Crippen molar-refractivity contribution in [1.29, 1.82) is 0 Å². The van der Waals surface area contributed by atoms with Crippen LogP contribution in [0.15, 0.2) is 63.9 Å². The molecule has 3 rings (SSSR count). The summed E-state index contributed by atoms with van der Waals surface area (Å²) >= 11 is 0. The first-order valence-corrected chi connectivity index (χ1v) is 7.12. The van der Waals surface area contributed by atoms with Gasteiger partial charge in [-0.2, -0.15) is 0 Å². The van der Waals surface area contributed by atoms with Gasteiger partial charge in [-0.15, -0.1) is 0 Å². The zero-order valence-electron chi connectivity index (χ0n) is 12.5. The predicted octanol–water partition coefficient (Wildman–Crippen LogP) is 2.57. The monoisotopic (exact) mass is 312 g/mol. The van der Waals surface area contributed by atoms with Gasteiger partial charge in [-0.1, -0.05) is 35.5 Å². The number of hydrogen-bond donors (Lipinski definition) is 2. The van der Waals surface area contributed by atoms with Gasteiger partial charge < -0.3 is 19.4 Å². The van der Waals surface area contributed by atoms with E-state index in [2.05, 4.69) is 10.5 Å². The molecule has 118 valence electrons. The lowest BCUT2D eigenvalue weighted by molar-refractivity contribution is 0.0330. The largest absolute Gasteiger partial charge is 0.466 e. The molecule has 0 spiro atoms. The van der Waals surface area contributed by atoms with Crippen LogP contribution in [0.2, 0.25) is 0 Å². The first kappa shape index (κ1) is 15.1. The number of aliphatic hydroxyl groups is 1. The van der Waals surface area contributed by atoms with Gasteiger partial charge in [0, 0.05) is 5.56 Å². The maximum atomic E-state index is 12.4. The lowest BCUT2D eigenvalue weighted by atomic mass is 10.0. The fourth-order valence-corrected chi connectivity index (χ4v) is 2.22. The van der Waals surface area contributed by atoms with Crippen LogP contribution >= 0.6 is 0 Å². The Morgan fingerprint density at radius 2 is 2.04 bits per heavy atom. The molecule has 3 aromatic rings. The SMILES string of the molecule is CC(O)(CNC(=O)c1cnoc1-c1ccccc1)c1ccco1. The molecule has 6 nitrogen and oxygen atoms in total. The number of rotatable bonds is 5. The molecule has 1 atom stereocenters. The molecule has 2 aromatic heterocycles. The molecule has 0 radical (unpaired) electrons. The van der Waals surface area contributed by atoms with Crippen molar-refractivity contribution < 1.29 is 18.8 Å². The second-order valence-corrected chi connectivity index (χ2v) is 5.37. The highest BCUT2D eigenvalue weighted by Crippen LogP contribution is 2.24. The van der Waals surface area contributed by atoms with Crippen molar-refractivity contribution in [2.75, 3.05) is 6.54 Å². The number of benzene rings is 1. The van der Waals surface area contributed by atoms with Crippen molar-refractivity contribution in [3.05, 3.63) is 66.2 Å². The van der Waals surface area contributed by atoms with Crippen LogP contribution in [0.4, 0.5) is 0 Å². The molecular weight excluding hydrogens is 296 g/mol. The van der Waals surface area contributed by atoms with E-state index in [0.29, 0.717) is 17.1 Å². The van der Waals surface area contributed by atoms with Gasteiger partial charge in [-0.3, -0.25) is 4.79 Å². The Kier molecular flexibility index (Phi) is 3.99. The maximum Gasteiger partial charge on any atom is 0.257 e. The minimum absolute atomic E-state index is 0.00123. The van der Waals surface area contributed by atoms with Gasteiger partial charge in [-0.05, 0) is 19.1 Å². The number of carbonyl (C=O) groups is 1. The van der Waals surface area contributed by atoms with E-state index in [4.69, 9.17) is 8.94 Å². The molecule has 1 unspecified atom stereocenters. The highest BCUT2D eigenvalue weighted by molar-refractivity contribution is 5.99. The van der Waals surface area contributed by atoms with E-state index in [0.717, 1.165) is 5.56 Å². The fraction of sp³-hybridized carbons (Fsp3) is 0.176. The average molecular weight is 312 g/mol. The highest BCUT2D eigenvalue weighted by Gasteiger charge is 2.28. The Morgan fingerprint density at radius 1 is 1.26 bits per heavy atom. The summed E-state index contributed by atoms with van der Waals surface area (Å²) in [5.74, 6) is 0.393. The number of hydrogen-bond acceptors (Lipinski definition) is 5. The van der Waals surface area contributed by atoms with Crippen LogP contribution in [0, 0.1) is 0 Å². The van der Waals surface area contributed by atoms with Crippen molar-refractivity contribution in [1.82, 2.24) is 10.5 Å². The summed E-state index contributed by atoms with van der Waals surface area (Å²) in [4.78, 5) is 12.4. The van der Waals surface area contributed by atoms with Gasteiger partial charge >= 0.3 is 0 Å². The number of carbonyl (C=O) groups excluding carboxylic acids is 1. The summed E-state index contributed by atoms with van der Waals surface area (Å²) in [7, 11) is 0. The molecule has 1 aromatic carbocycles. The second kappa shape index (κ2) is 6.10. The van der Waals surface area contributed by atoms with Crippen LogP contribution in [0.3, 0.4) is 0 Å². The van der Waals surface area contributed by atoms with Gasteiger partial charge in [0.1, 0.15) is 16.9 Å². The molecule has 0 fully saturated rings. The van der Waals surface area contributed by atoms with E-state index < -0.39 is 5.60 Å². The minimum atomic E-state index is -1.30. The molecule has 1 amide bonds. The van der Waals surface area contributed by atoms with Crippen molar-refractivity contribution >= 4 is 5.91 Å². The van der Waals surface area contributed by atoms with E-state index in [-0.39, 0.29) is 12.5 Å². The number of nitrogens with one attached hydrogen (secondary N) is 1. The standard InChI is InChI=1S/C17H16N2O4/c1-17(21,14-8-5-9-22-14)11-18-16(20)13-10-19-23-15(13)12-6-3-2-4-7-12/h2-10,21H,11H2,1H3,(H,18,20). The van der Waals surface area contributed by atoms with Crippen LogP contribution in [-0.4, -0.2) is 22.7 Å². The predicted molar refractivity (Wildman–Crippen MR) is 82.6 cm³/mol. The van der Waals surface area contributed by atoms with Gasteiger partial charge in [0.05, 0.1) is 19.0 Å². The van der Waals surface area contributed by atoms with Crippen molar-refractivity contribution in [3.63, 3.8) is 0 Å². The molecule has 0 saturated carbocycles. The highest BCUT2D eigenvalue weighted by atomic mass is 16.5. The molecule has 0 aliphatic heterocycles. The van der Waals surface area contributed by atoms with Crippen molar-refractivity contribution in [2.24, 2.45) is 0 Å². The molecule has 0 bridgehead atoms. The first-order valence-electron chi connectivity index (χ1n) is 7.12. The van der Waals surface area contributed by atoms with E-state index in [9.17, 15) is 9.90 Å². The summed E-state index contributed by atoms with van der Waals surface area (Å²) in [6, 6.07) is 12.6. The van der Waals surface area contributed by atoms with Gasteiger partial charge in [0.15, 0.2) is 5.76 Å². The van der Waals surface area contributed by atoms with Gasteiger partial charge in [-0.25, -0.2) is 0 Å². The molecule has 0 aliphatic rings. The quantitative estimate of drug-likeness (QED) is 0.756. The number of amides is 1. The minimum Gasteiger partial charge on any atom is -0.466 e. The number of aromatic nitrogens is 1. The average Bonchev–Trinajstić information content (AvgIpc) is 3.25. The van der Waals surface area contributed by atoms with Gasteiger partial charge in [0.2, 0.25) is 0 Å². The summed E-state index contributed by atoms with van der Waals surface area (Å²) in [6.07, 6.45) is 2.83. The molecule has 0 aliphatic carbocycles. The van der Waals surface area contributed by atoms with Crippen molar-refractivity contribution in [2.45, 2.75) is 12.5 Å². The van der Waals surface area contributed by atoms with E-state index in [1.54, 1.807) is 19.1 Å². The zero-order chi connectivity index (χ0) is 16.3. The molecule has 2 heterocycles. The zero-order valence-corrected chi connectivity index (χ0v) is 12.5. The topological polar surface area (TPSA) is 88.5 Å². The third kappa shape index (κ3) is 3.17. The Morgan fingerprint density at radius 3 is 2.74 bits per heavy atom. The fourth-order valence-electron chi connectivity index (χ4n) is 2.22. The Labute approximate surface area is 132 Å². The lowest BCUT2D eigenvalue weighted by Gasteiger charge is -2.20. The third-order valence-electron chi connectivity index (χ3n) is 3.50. The molecule has 23 heavy (non-hydrogen) atoms. The van der Waals surface area contributed by atoms with E-state index >= 15 is 0 Å². The van der Waals surface area contributed by atoms with Crippen LogP contribution in [0.25, 0.3) is 11.3 Å². The lowest BCUT2D eigenvalue weighted by Crippen LogP contribution is -2.38. The Hall–Kier alpha value is -2.86. The van der Waals surface area contributed by atoms with Crippen molar-refractivity contribution in [3.8, 4) is 11.3 Å². The van der Waals surface area contributed by atoms with Crippen LogP contribution in [-0.2, 0) is 5.60 Å². The summed E-state index contributed by atoms with van der Waals surface area (Å²) in [5.41, 5.74) is -0.233. The summed E-state index contributed by atoms with van der Waals surface area (Å²) < 4.78 is 10.4. The summed E-state index contributed by atoms with van der Waals surface area (Å²) in [6.45, 7) is 1.57. The Balaban J connectivity index is 1.74. The van der Waals surface area contributed by atoms with Gasteiger partial charge in [0.25, 0.3) is 5.91 Å².